The molecule has 1 aromatic rings. The summed E-state index contributed by atoms with van der Waals surface area (Å²) in [5.74, 6) is 1.35. The molecule has 1 atom stereocenters. The highest BCUT2D eigenvalue weighted by Crippen LogP contribution is 2.14. The van der Waals surface area contributed by atoms with Gasteiger partial charge in [-0.3, -0.25) is 4.79 Å². The monoisotopic (exact) mass is 264 g/mol. The summed E-state index contributed by atoms with van der Waals surface area (Å²) in [6.07, 6.45) is 5.24. The minimum Gasteiger partial charge on any atom is -0.350 e. The quantitative estimate of drug-likeness (QED) is 0.746. The lowest BCUT2D eigenvalue weighted by atomic mass is 9.96. The molecule has 0 spiro atoms. The number of rotatable bonds is 8. The van der Waals surface area contributed by atoms with Crippen LogP contribution >= 0.6 is 0 Å². The van der Waals surface area contributed by atoms with Crippen LogP contribution < -0.4 is 11.1 Å². The first-order valence-electron chi connectivity index (χ1n) is 6.91. The largest absolute Gasteiger partial charge is 0.350 e. The number of carbonyl (C=O) groups excluding carboxylic acids is 1. The third kappa shape index (κ3) is 6.29. The highest BCUT2D eigenvalue weighted by molar-refractivity contribution is 5.75. The van der Waals surface area contributed by atoms with E-state index in [4.69, 9.17) is 5.73 Å². The van der Waals surface area contributed by atoms with Gasteiger partial charge in [0.2, 0.25) is 5.91 Å². The minimum atomic E-state index is 0.0757. The van der Waals surface area contributed by atoms with E-state index in [0.29, 0.717) is 25.4 Å². The molecular formula is C14H24N4O. The molecule has 0 bridgehead atoms. The van der Waals surface area contributed by atoms with Crippen LogP contribution in [0, 0.1) is 12.8 Å². The van der Waals surface area contributed by atoms with Crippen molar-refractivity contribution in [1.82, 2.24) is 15.3 Å². The average Bonchev–Trinajstić information content (AvgIpc) is 2.41. The fourth-order valence-corrected chi connectivity index (χ4v) is 2.00. The molecule has 1 amide bonds. The molecule has 0 aliphatic rings. The Morgan fingerprint density at radius 2 is 2.26 bits per heavy atom. The summed E-state index contributed by atoms with van der Waals surface area (Å²) in [5.41, 5.74) is 6.39. The zero-order valence-corrected chi connectivity index (χ0v) is 11.9. The van der Waals surface area contributed by atoms with Crippen LogP contribution in [0.4, 0.5) is 0 Å². The number of hydrogen-bond acceptors (Lipinski definition) is 4. The van der Waals surface area contributed by atoms with Gasteiger partial charge in [-0.25, -0.2) is 9.97 Å². The predicted octanol–water partition coefficient (Wildman–Crippen LogP) is 1.56. The Kier molecular flexibility index (Phi) is 7.03. The number of nitrogens with one attached hydrogen (secondary N) is 1. The van der Waals surface area contributed by atoms with Gasteiger partial charge < -0.3 is 11.1 Å². The zero-order chi connectivity index (χ0) is 14.1. The van der Waals surface area contributed by atoms with Gasteiger partial charge in [-0.1, -0.05) is 13.3 Å². The Labute approximate surface area is 115 Å². The van der Waals surface area contributed by atoms with Crippen LogP contribution in [0.1, 0.15) is 44.1 Å². The number of nitrogens with two attached hydrogens (primary N) is 1. The Bertz CT molecular complexity index is 395. The van der Waals surface area contributed by atoms with Crippen LogP contribution in [0.5, 0.6) is 0 Å². The van der Waals surface area contributed by atoms with E-state index < -0.39 is 0 Å². The van der Waals surface area contributed by atoms with Crippen LogP contribution in [0.25, 0.3) is 0 Å². The maximum Gasteiger partial charge on any atom is 0.220 e. The van der Waals surface area contributed by atoms with Crippen LogP contribution in [0.3, 0.4) is 0 Å². The topological polar surface area (TPSA) is 80.9 Å². The van der Waals surface area contributed by atoms with Crippen molar-refractivity contribution in [3.8, 4) is 0 Å². The molecule has 1 unspecified atom stereocenters. The molecule has 0 aliphatic heterocycles. The van der Waals surface area contributed by atoms with E-state index in [1.807, 2.05) is 13.0 Å². The van der Waals surface area contributed by atoms with Crippen molar-refractivity contribution in [2.24, 2.45) is 11.7 Å². The Morgan fingerprint density at radius 3 is 2.89 bits per heavy atom. The summed E-state index contributed by atoms with van der Waals surface area (Å²) in [4.78, 5) is 20.0. The summed E-state index contributed by atoms with van der Waals surface area (Å²) in [6, 6.07) is 1.82. The first-order chi connectivity index (χ1) is 9.15. The second-order valence-corrected chi connectivity index (χ2v) is 4.76. The van der Waals surface area contributed by atoms with Gasteiger partial charge in [0.15, 0.2) is 0 Å². The Morgan fingerprint density at radius 1 is 1.47 bits per heavy atom. The highest BCUT2D eigenvalue weighted by Gasteiger charge is 2.09. The zero-order valence-electron chi connectivity index (χ0n) is 11.9. The number of hydrogen-bond donors (Lipinski definition) is 2. The van der Waals surface area contributed by atoms with Crippen LogP contribution in [0.2, 0.25) is 0 Å². The Hall–Kier alpha value is -1.49. The van der Waals surface area contributed by atoms with E-state index in [0.717, 1.165) is 30.8 Å². The van der Waals surface area contributed by atoms with E-state index in [9.17, 15) is 4.79 Å². The molecule has 1 aromatic heterocycles. The summed E-state index contributed by atoms with van der Waals surface area (Å²) in [7, 11) is 0. The normalized spacial score (nSPS) is 12.2. The molecule has 0 saturated carbocycles. The maximum absolute atomic E-state index is 11.7. The fraction of sp³-hybridized carbons (Fsp3) is 0.643. The molecule has 1 rings (SSSR count). The predicted molar refractivity (Wildman–Crippen MR) is 75.3 cm³/mol. The number of amides is 1. The average molecular weight is 264 g/mol. The molecule has 0 aromatic carbocycles. The molecule has 0 fully saturated rings. The van der Waals surface area contributed by atoms with Gasteiger partial charge in [-0.2, -0.15) is 0 Å². The van der Waals surface area contributed by atoms with Gasteiger partial charge in [-0.15, -0.1) is 0 Å². The summed E-state index contributed by atoms with van der Waals surface area (Å²) in [5, 5.41) is 2.89. The Balaban J connectivity index is 2.28. The molecule has 3 N–H and O–H groups in total. The number of aromatic nitrogens is 2. The van der Waals surface area contributed by atoms with Crippen LogP contribution in [0.15, 0.2) is 12.3 Å². The summed E-state index contributed by atoms with van der Waals surface area (Å²) in [6.45, 7) is 5.14. The van der Waals surface area contributed by atoms with Gasteiger partial charge in [0.25, 0.3) is 0 Å². The summed E-state index contributed by atoms with van der Waals surface area (Å²) >= 11 is 0. The van der Waals surface area contributed by atoms with Crippen molar-refractivity contribution in [3.63, 3.8) is 0 Å². The third-order valence-corrected chi connectivity index (χ3v) is 3.23. The van der Waals surface area contributed by atoms with Crippen molar-refractivity contribution < 1.29 is 4.79 Å². The number of carbonyl (C=O) groups is 1. The van der Waals surface area contributed by atoms with Crippen molar-refractivity contribution in [3.05, 3.63) is 23.8 Å². The smallest absolute Gasteiger partial charge is 0.220 e. The second-order valence-electron chi connectivity index (χ2n) is 4.76. The number of aryl methyl sites for hydroxylation is 1. The minimum absolute atomic E-state index is 0.0757. The molecule has 0 saturated heterocycles. The van der Waals surface area contributed by atoms with Crippen molar-refractivity contribution in [1.29, 1.82) is 0 Å². The van der Waals surface area contributed by atoms with Gasteiger partial charge in [0.1, 0.15) is 5.82 Å². The van der Waals surface area contributed by atoms with E-state index in [1.165, 1.54) is 0 Å². The van der Waals surface area contributed by atoms with Gasteiger partial charge in [0, 0.05) is 12.6 Å². The highest BCUT2D eigenvalue weighted by atomic mass is 16.1. The lowest BCUT2D eigenvalue weighted by molar-refractivity contribution is -0.121. The van der Waals surface area contributed by atoms with Crippen molar-refractivity contribution >= 4 is 5.91 Å². The lowest BCUT2D eigenvalue weighted by Crippen LogP contribution is -2.24. The SMILES string of the molecule is CCC(CCN)CCC(=O)NCc1ccnc(C)n1. The molecule has 0 aliphatic carbocycles. The maximum atomic E-state index is 11.7. The van der Waals surface area contributed by atoms with E-state index in [-0.39, 0.29) is 5.91 Å². The first-order valence-corrected chi connectivity index (χ1v) is 6.91. The van der Waals surface area contributed by atoms with Crippen molar-refractivity contribution in [2.45, 2.75) is 46.1 Å². The number of nitrogens with zero attached hydrogens (tertiary/aromatic N) is 2. The molecular weight excluding hydrogens is 240 g/mol. The lowest BCUT2D eigenvalue weighted by Gasteiger charge is -2.13. The summed E-state index contributed by atoms with van der Waals surface area (Å²) < 4.78 is 0. The molecule has 1 heterocycles. The molecule has 5 heteroatoms. The van der Waals surface area contributed by atoms with E-state index in [1.54, 1.807) is 6.20 Å². The first kappa shape index (κ1) is 15.6. The standard InChI is InChI=1S/C14H24N4O/c1-3-12(6-8-15)4-5-14(19)17-10-13-7-9-16-11(2)18-13/h7,9,12H,3-6,8,10,15H2,1-2H3,(H,17,19). The molecule has 5 nitrogen and oxygen atoms in total. The van der Waals surface area contributed by atoms with Crippen LogP contribution in [-0.2, 0) is 11.3 Å². The molecule has 106 valence electrons. The fourth-order valence-electron chi connectivity index (χ4n) is 2.00. The van der Waals surface area contributed by atoms with Crippen molar-refractivity contribution in [2.75, 3.05) is 6.54 Å². The van der Waals surface area contributed by atoms with Gasteiger partial charge in [-0.05, 0) is 38.3 Å². The van der Waals surface area contributed by atoms with Gasteiger partial charge in [0.05, 0.1) is 12.2 Å². The second kappa shape index (κ2) is 8.58. The van der Waals surface area contributed by atoms with Crippen LogP contribution in [-0.4, -0.2) is 22.4 Å². The third-order valence-electron chi connectivity index (χ3n) is 3.23. The van der Waals surface area contributed by atoms with Gasteiger partial charge >= 0.3 is 0 Å². The van der Waals surface area contributed by atoms with E-state index in [2.05, 4.69) is 22.2 Å². The molecule has 0 radical (unpaired) electrons. The van der Waals surface area contributed by atoms with E-state index >= 15 is 0 Å². The molecule has 19 heavy (non-hydrogen) atoms.